The molecule has 4 heteroatoms. The Morgan fingerprint density at radius 2 is 2.31 bits per heavy atom. The van der Waals surface area contributed by atoms with Crippen molar-refractivity contribution in [2.24, 2.45) is 0 Å². The summed E-state index contributed by atoms with van der Waals surface area (Å²) in [6.45, 7) is 9.64. The minimum Gasteiger partial charge on any atom is -0.487 e. The molecular weight excluding hydrogens is 206 g/mol. The molecule has 1 radical (unpaired) electrons. The molecule has 1 aromatic carbocycles. The first-order chi connectivity index (χ1) is 7.61. The molecule has 0 spiro atoms. The van der Waals surface area contributed by atoms with Gasteiger partial charge in [0.05, 0.1) is 11.5 Å². The zero-order valence-corrected chi connectivity index (χ0v) is 9.18. The minimum atomic E-state index is -0.454. The summed E-state index contributed by atoms with van der Waals surface area (Å²) in [5.41, 5.74) is 0.654. The van der Waals surface area contributed by atoms with E-state index >= 15 is 0 Å². The van der Waals surface area contributed by atoms with Crippen LogP contribution in [-0.2, 0) is 0 Å². The number of ether oxygens (including phenoxy) is 1. The molecule has 85 valence electrons. The van der Waals surface area contributed by atoms with Crippen molar-refractivity contribution in [1.29, 1.82) is 0 Å². The molecule has 0 fully saturated rings. The van der Waals surface area contributed by atoms with Crippen molar-refractivity contribution >= 4 is 5.69 Å². The molecular formula is C12H14NO3. The van der Waals surface area contributed by atoms with Gasteiger partial charge in [0.2, 0.25) is 5.75 Å². The van der Waals surface area contributed by atoms with Gasteiger partial charge in [0, 0.05) is 17.5 Å². The van der Waals surface area contributed by atoms with Crippen molar-refractivity contribution in [3.63, 3.8) is 0 Å². The van der Waals surface area contributed by atoms with Crippen LogP contribution in [0.25, 0.3) is 0 Å². The van der Waals surface area contributed by atoms with Crippen LogP contribution in [0.2, 0.25) is 0 Å². The molecule has 0 aromatic heterocycles. The van der Waals surface area contributed by atoms with E-state index in [1.165, 1.54) is 6.07 Å². The first-order valence-electron chi connectivity index (χ1n) is 4.97. The van der Waals surface area contributed by atoms with E-state index in [1.807, 2.05) is 0 Å². The van der Waals surface area contributed by atoms with Gasteiger partial charge in [-0.15, -0.1) is 6.58 Å². The van der Waals surface area contributed by atoms with Crippen LogP contribution in [0.5, 0.6) is 5.75 Å². The van der Waals surface area contributed by atoms with Gasteiger partial charge >= 0.3 is 5.69 Å². The van der Waals surface area contributed by atoms with E-state index in [4.69, 9.17) is 4.74 Å². The zero-order valence-electron chi connectivity index (χ0n) is 9.18. The van der Waals surface area contributed by atoms with Gasteiger partial charge in [0.1, 0.15) is 0 Å². The van der Waals surface area contributed by atoms with Crippen LogP contribution in [0.15, 0.2) is 30.9 Å². The Bertz CT molecular complexity index is 401. The molecule has 4 nitrogen and oxygen atoms in total. The van der Waals surface area contributed by atoms with Gasteiger partial charge in [-0.05, 0) is 13.8 Å². The van der Waals surface area contributed by atoms with Gasteiger partial charge in [-0.3, -0.25) is 10.1 Å². The number of hydrogen-bond donors (Lipinski definition) is 0. The summed E-state index contributed by atoms with van der Waals surface area (Å²) in [7, 11) is 0. The summed E-state index contributed by atoms with van der Waals surface area (Å²) >= 11 is 0. The van der Waals surface area contributed by atoms with Crippen molar-refractivity contribution < 1.29 is 9.66 Å². The number of nitro benzene ring substituents is 1. The van der Waals surface area contributed by atoms with E-state index in [2.05, 4.69) is 13.5 Å². The lowest BCUT2D eigenvalue weighted by Crippen LogP contribution is -2.02. The normalized spacial score (nSPS) is 11.9. The quantitative estimate of drug-likeness (QED) is 0.435. The predicted octanol–water partition coefficient (Wildman–Crippen LogP) is 3.10. The fourth-order valence-electron chi connectivity index (χ4n) is 1.41. The van der Waals surface area contributed by atoms with Crippen LogP contribution < -0.4 is 4.74 Å². The Morgan fingerprint density at radius 3 is 2.81 bits per heavy atom. The summed E-state index contributed by atoms with van der Waals surface area (Å²) in [5, 5.41) is 10.8. The minimum absolute atomic E-state index is 0.0325. The van der Waals surface area contributed by atoms with Crippen molar-refractivity contribution in [1.82, 2.24) is 0 Å². The van der Waals surface area contributed by atoms with Crippen molar-refractivity contribution in [3.8, 4) is 5.75 Å². The van der Waals surface area contributed by atoms with E-state index in [9.17, 15) is 10.1 Å². The van der Waals surface area contributed by atoms with Gasteiger partial charge in [-0.2, -0.15) is 0 Å². The topological polar surface area (TPSA) is 52.4 Å². The van der Waals surface area contributed by atoms with Gasteiger partial charge in [0.15, 0.2) is 0 Å². The lowest BCUT2D eigenvalue weighted by molar-refractivity contribution is -0.385. The number of hydrogen-bond acceptors (Lipinski definition) is 3. The molecule has 1 aromatic rings. The van der Waals surface area contributed by atoms with E-state index in [0.717, 1.165) is 0 Å². The van der Waals surface area contributed by atoms with Gasteiger partial charge in [0.25, 0.3) is 0 Å². The number of nitro groups is 1. The van der Waals surface area contributed by atoms with Crippen molar-refractivity contribution in [3.05, 3.63) is 53.5 Å². The van der Waals surface area contributed by atoms with Gasteiger partial charge in [-0.25, -0.2) is 0 Å². The van der Waals surface area contributed by atoms with E-state index in [-0.39, 0.29) is 17.4 Å². The molecule has 0 aliphatic carbocycles. The molecule has 0 amide bonds. The van der Waals surface area contributed by atoms with E-state index < -0.39 is 4.92 Å². The predicted molar refractivity (Wildman–Crippen MR) is 62.6 cm³/mol. The van der Waals surface area contributed by atoms with Crippen LogP contribution >= 0.6 is 0 Å². The Hall–Kier alpha value is -1.84. The number of benzene rings is 1. The summed E-state index contributed by atoms with van der Waals surface area (Å²) in [6, 6.07) is 4.80. The van der Waals surface area contributed by atoms with Crippen LogP contribution in [0, 0.1) is 17.0 Å². The first-order valence-corrected chi connectivity index (χ1v) is 4.97. The SMILES string of the molecule is [CH2]C(C=C)c1cccc([N+](=O)[O-])c1OCC. The molecule has 0 saturated carbocycles. The third kappa shape index (κ3) is 2.39. The number of rotatable bonds is 5. The standard InChI is InChI=1S/C12H14NO3/c1-4-9(3)10-7-6-8-11(13(14)15)12(10)16-5-2/h4,6-9H,1,3,5H2,2H3. The Morgan fingerprint density at radius 1 is 1.62 bits per heavy atom. The lowest BCUT2D eigenvalue weighted by Gasteiger charge is -2.13. The number of nitrogens with zero attached hydrogens (tertiary/aromatic N) is 1. The van der Waals surface area contributed by atoms with E-state index in [1.54, 1.807) is 25.1 Å². The van der Waals surface area contributed by atoms with Crippen molar-refractivity contribution in [2.45, 2.75) is 12.8 Å². The smallest absolute Gasteiger partial charge is 0.311 e. The summed E-state index contributed by atoms with van der Waals surface area (Å²) in [6.07, 6.45) is 1.63. The van der Waals surface area contributed by atoms with Gasteiger partial charge < -0.3 is 4.74 Å². The highest BCUT2D eigenvalue weighted by Gasteiger charge is 2.20. The molecule has 1 unspecified atom stereocenters. The first kappa shape index (κ1) is 12.2. The lowest BCUT2D eigenvalue weighted by atomic mass is 9.99. The number of para-hydroxylation sites is 1. The highest BCUT2D eigenvalue weighted by atomic mass is 16.6. The average Bonchev–Trinajstić information content (AvgIpc) is 2.28. The second-order valence-corrected chi connectivity index (χ2v) is 3.23. The largest absolute Gasteiger partial charge is 0.487 e. The third-order valence-electron chi connectivity index (χ3n) is 2.19. The average molecular weight is 220 g/mol. The van der Waals surface area contributed by atoms with E-state index in [0.29, 0.717) is 12.2 Å². The van der Waals surface area contributed by atoms with Crippen LogP contribution in [0.1, 0.15) is 18.4 Å². The summed E-state index contributed by atoms with van der Waals surface area (Å²) in [4.78, 5) is 10.4. The molecule has 0 heterocycles. The summed E-state index contributed by atoms with van der Waals surface area (Å²) < 4.78 is 5.32. The van der Waals surface area contributed by atoms with Gasteiger partial charge in [-0.1, -0.05) is 18.2 Å². The molecule has 1 rings (SSSR count). The summed E-state index contributed by atoms with van der Waals surface area (Å²) in [5.74, 6) is 0.0661. The van der Waals surface area contributed by atoms with Crippen LogP contribution in [-0.4, -0.2) is 11.5 Å². The maximum atomic E-state index is 10.8. The highest BCUT2D eigenvalue weighted by Crippen LogP contribution is 2.35. The molecule has 0 saturated heterocycles. The number of allylic oxidation sites excluding steroid dienone is 1. The zero-order chi connectivity index (χ0) is 12.1. The fraction of sp³-hybridized carbons (Fsp3) is 0.250. The molecule has 1 atom stereocenters. The fourth-order valence-corrected chi connectivity index (χ4v) is 1.41. The molecule has 0 bridgehead atoms. The monoisotopic (exact) mass is 220 g/mol. The highest BCUT2D eigenvalue weighted by molar-refractivity contribution is 5.54. The third-order valence-corrected chi connectivity index (χ3v) is 2.19. The van der Waals surface area contributed by atoms with Crippen molar-refractivity contribution in [2.75, 3.05) is 6.61 Å². The Labute approximate surface area is 94.7 Å². The maximum absolute atomic E-state index is 10.8. The second-order valence-electron chi connectivity index (χ2n) is 3.23. The maximum Gasteiger partial charge on any atom is 0.311 e. The molecule has 0 N–H and O–H groups in total. The van der Waals surface area contributed by atoms with Crippen LogP contribution in [0.3, 0.4) is 0 Å². The molecule has 16 heavy (non-hydrogen) atoms. The molecule has 0 aliphatic rings. The Balaban J connectivity index is 3.31. The Kier molecular flexibility index (Phi) is 4.05. The van der Waals surface area contributed by atoms with Crippen LogP contribution in [0.4, 0.5) is 5.69 Å². The molecule has 0 aliphatic heterocycles. The second kappa shape index (κ2) is 5.30.